The zero-order valence-corrected chi connectivity index (χ0v) is 17.8. The Balaban J connectivity index is 1.31. The number of halogens is 1. The molecular formula is C26H23FN2O3. The van der Waals surface area contributed by atoms with Gasteiger partial charge in [-0.15, -0.1) is 0 Å². The molecule has 0 unspecified atom stereocenters. The standard InChI is InChI=1S/C26H23FN2O3/c1-31-26(30)21-15-29(16-21)14-19-4-6-22(23(27)11-19)25-12-20-10-17(5-7-24(20)32-25)9-18-3-2-8-28-13-18/h2-8,10-13,21H,9,14-16H2,1H3. The number of furan rings is 1. The van der Waals surface area contributed by atoms with Crippen molar-refractivity contribution in [2.45, 2.75) is 13.0 Å². The normalized spacial score (nSPS) is 14.4. The van der Waals surface area contributed by atoms with Gasteiger partial charge in [-0.2, -0.15) is 0 Å². The number of ether oxygens (including phenoxy) is 1. The van der Waals surface area contributed by atoms with Crippen LogP contribution >= 0.6 is 0 Å². The molecule has 0 amide bonds. The Kier molecular flexibility index (Phi) is 5.45. The molecule has 3 heterocycles. The Hall–Kier alpha value is -3.51. The molecule has 0 bridgehead atoms. The van der Waals surface area contributed by atoms with Crippen molar-refractivity contribution in [1.29, 1.82) is 0 Å². The first kappa shape index (κ1) is 20.4. The number of carbonyl (C=O) groups is 1. The largest absolute Gasteiger partial charge is 0.469 e. The fraction of sp³-hybridized carbons (Fsp3) is 0.231. The molecule has 0 spiro atoms. The van der Waals surface area contributed by atoms with Gasteiger partial charge in [-0.1, -0.05) is 18.2 Å². The molecular weight excluding hydrogens is 407 g/mol. The molecule has 0 aliphatic carbocycles. The van der Waals surface area contributed by atoms with E-state index in [1.54, 1.807) is 18.3 Å². The van der Waals surface area contributed by atoms with Crippen LogP contribution in [0.3, 0.4) is 0 Å². The van der Waals surface area contributed by atoms with Crippen molar-refractivity contribution in [3.63, 3.8) is 0 Å². The third kappa shape index (κ3) is 4.14. The molecule has 0 radical (unpaired) electrons. The number of benzene rings is 2. The molecule has 0 N–H and O–H groups in total. The second-order valence-corrected chi connectivity index (χ2v) is 8.25. The minimum atomic E-state index is -0.317. The highest BCUT2D eigenvalue weighted by Crippen LogP contribution is 2.31. The molecule has 0 atom stereocenters. The van der Waals surface area contributed by atoms with Crippen LogP contribution in [0.2, 0.25) is 0 Å². The molecule has 6 heteroatoms. The summed E-state index contributed by atoms with van der Waals surface area (Å²) in [6.45, 7) is 1.88. The van der Waals surface area contributed by atoms with Crippen molar-refractivity contribution < 1.29 is 18.3 Å². The fourth-order valence-corrected chi connectivity index (χ4v) is 4.20. The summed E-state index contributed by atoms with van der Waals surface area (Å²) in [5.74, 6) is -0.0709. The van der Waals surface area contributed by atoms with Gasteiger partial charge in [-0.05, 0) is 59.5 Å². The number of aromatic nitrogens is 1. The molecule has 0 saturated carbocycles. The molecule has 5 nitrogen and oxygen atoms in total. The van der Waals surface area contributed by atoms with E-state index in [0.717, 1.165) is 34.1 Å². The lowest BCUT2D eigenvalue weighted by atomic mass is 9.99. The Morgan fingerprint density at radius 2 is 1.97 bits per heavy atom. The van der Waals surface area contributed by atoms with Crippen molar-refractivity contribution in [1.82, 2.24) is 9.88 Å². The predicted molar refractivity (Wildman–Crippen MR) is 119 cm³/mol. The molecule has 162 valence electrons. The molecule has 1 fully saturated rings. The van der Waals surface area contributed by atoms with Gasteiger partial charge in [0.15, 0.2) is 0 Å². The van der Waals surface area contributed by atoms with Gasteiger partial charge in [-0.3, -0.25) is 14.7 Å². The number of fused-ring (bicyclic) bond motifs is 1. The Morgan fingerprint density at radius 3 is 2.72 bits per heavy atom. The van der Waals surface area contributed by atoms with Crippen molar-refractivity contribution in [3.8, 4) is 11.3 Å². The molecule has 1 saturated heterocycles. The number of pyridine rings is 1. The molecule has 5 rings (SSSR count). The lowest BCUT2D eigenvalue weighted by Gasteiger charge is -2.37. The summed E-state index contributed by atoms with van der Waals surface area (Å²) < 4.78 is 25.6. The second-order valence-electron chi connectivity index (χ2n) is 8.25. The van der Waals surface area contributed by atoms with Crippen LogP contribution in [-0.2, 0) is 22.5 Å². The van der Waals surface area contributed by atoms with E-state index in [9.17, 15) is 9.18 Å². The number of hydrogen-bond acceptors (Lipinski definition) is 5. The highest BCUT2D eigenvalue weighted by molar-refractivity contribution is 5.83. The number of nitrogens with zero attached hydrogens (tertiary/aromatic N) is 2. The quantitative estimate of drug-likeness (QED) is 0.410. The monoisotopic (exact) mass is 430 g/mol. The Labute approximate surface area is 185 Å². The summed E-state index contributed by atoms with van der Waals surface area (Å²) in [6, 6.07) is 17.1. The first-order valence-electron chi connectivity index (χ1n) is 10.6. The number of hydrogen-bond donors (Lipinski definition) is 0. The summed E-state index contributed by atoms with van der Waals surface area (Å²) in [5, 5.41) is 0.944. The average Bonchev–Trinajstić information content (AvgIpc) is 3.19. The van der Waals surface area contributed by atoms with Gasteiger partial charge in [0, 0.05) is 37.4 Å². The lowest BCUT2D eigenvalue weighted by Crippen LogP contribution is -2.49. The predicted octanol–water partition coefficient (Wildman–Crippen LogP) is 4.83. The van der Waals surface area contributed by atoms with E-state index >= 15 is 0 Å². The highest BCUT2D eigenvalue weighted by atomic mass is 19.1. The van der Waals surface area contributed by atoms with E-state index in [0.29, 0.717) is 31.0 Å². The number of rotatable bonds is 6. The van der Waals surface area contributed by atoms with Gasteiger partial charge in [0.1, 0.15) is 17.2 Å². The molecule has 1 aliphatic rings. The van der Waals surface area contributed by atoms with Crippen LogP contribution in [0.1, 0.15) is 16.7 Å². The van der Waals surface area contributed by atoms with Crippen LogP contribution < -0.4 is 0 Å². The minimum Gasteiger partial charge on any atom is -0.469 e. The smallest absolute Gasteiger partial charge is 0.311 e. The van der Waals surface area contributed by atoms with Crippen molar-refractivity contribution in [2.75, 3.05) is 20.2 Å². The maximum atomic E-state index is 14.9. The Bertz CT molecular complexity index is 1260. The summed E-state index contributed by atoms with van der Waals surface area (Å²) in [5.41, 5.74) is 4.32. The average molecular weight is 430 g/mol. The van der Waals surface area contributed by atoms with E-state index in [4.69, 9.17) is 9.15 Å². The summed E-state index contributed by atoms with van der Waals surface area (Å²) in [7, 11) is 1.40. The lowest BCUT2D eigenvalue weighted by molar-refractivity contribution is -0.151. The van der Waals surface area contributed by atoms with Gasteiger partial charge in [0.05, 0.1) is 18.6 Å². The minimum absolute atomic E-state index is 0.0808. The zero-order chi connectivity index (χ0) is 22.1. The highest BCUT2D eigenvalue weighted by Gasteiger charge is 2.33. The Morgan fingerprint density at radius 1 is 1.12 bits per heavy atom. The third-order valence-electron chi connectivity index (χ3n) is 5.91. The van der Waals surface area contributed by atoms with Crippen molar-refractivity contribution >= 4 is 16.9 Å². The first-order valence-corrected chi connectivity index (χ1v) is 10.6. The van der Waals surface area contributed by atoms with E-state index in [2.05, 4.69) is 16.0 Å². The maximum absolute atomic E-state index is 14.9. The molecule has 32 heavy (non-hydrogen) atoms. The van der Waals surface area contributed by atoms with Gasteiger partial charge >= 0.3 is 5.97 Å². The van der Waals surface area contributed by atoms with Crippen LogP contribution in [0.5, 0.6) is 0 Å². The summed E-state index contributed by atoms with van der Waals surface area (Å²) in [4.78, 5) is 17.8. The first-order chi connectivity index (χ1) is 15.6. The molecule has 2 aromatic heterocycles. The van der Waals surface area contributed by atoms with Crippen molar-refractivity contribution in [3.05, 3.63) is 89.5 Å². The molecule has 1 aliphatic heterocycles. The molecule has 4 aromatic rings. The van der Waals surface area contributed by atoms with E-state index in [1.807, 2.05) is 42.6 Å². The summed E-state index contributed by atoms with van der Waals surface area (Å²) >= 11 is 0. The zero-order valence-electron chi connectivity index (χ0n) is 17.8. The van der Waals surface area contributed by atoms with E-state index in [-0.39, 0.29) is 17.7 Å². The van der Waals surface area contributed by atoms with E-state index in [1.165, 1.54) is 7.11 Å². The second kappa shape index (κ2) is 8.55. The number of esters is 1. The molecule has 2 aromatic carbocycles. The maximum Gasteiger partial charge on any atom is 0.311 e. The third-order valence-corrected chi connectivity index (χ3v) is 5.91. The van der Waals surface area contributed by atoms with Crippen LogP contribution in [0.15, 0.2) is 71.4 Å². The number of carbonyl (C=O) groups excluding carboxylic acids is 1. The van der Waals surface area contributed by atoms with Gasteiger partial charge in [0.25, 0.3) is 0 Å². The number of methoxy groups -OCH3 is 1. The van der Waals surface area contributed by atoms with Crippen LogP contribution in [0.25, 0.3) is 22.3 Å². The summed E-state index contributed by atoms with van der Waals surface area (Å²) in [6.07, 6.45) is 4.40. The fourth-order valence-electron chi connectivity index (χ4n) is 4.20. The van der Waals surface area contributed by atoms with E-state index < -0.39 is 0 Å². The SMILES string of the molecule is COC(=O)C1CN(Cc2ccc(-c3cc4cc(Cc5cccnc5)ccc4o3)c(F)c2)C1. The van der Waals surface area contributed by atoms with Crippen LogP contribution in [0, 0.1) is 11.7 Å². The van der Waals surface area contributed by atoms with Gasteiger partial charge in [-0.25, -0.2) is 4.39 Å². The van der Waals surface area contributed by atoms with Crippen LogP contribution in [0.4, 0.5) is 4.39 Å². The number of likely N-dealkylation sites (tertiary alicyclic amines) is 1. The van der Waals surface area contributed by atoms with Crippen LogP contribution in [-0.4, -0.2) is 36.1 Å². The van der Waals surface area contributed by atoms with Gasteiger partial charge < -0.3 is 9.15 Å². The topological polar surface area (TPSA) is 55.6 Å². The van der Waals surface area contributed by atoms with Gasteiger partial charge in [0.2, 0.25) is 0 Å². The van der Waals surface area contributed by atoms with Crippen molar-refractivity contribution in [2.24, 2.45) is 5.92 Å².